The molecule has 2 aromatic heterocycles. The predicted octanol–water partition coefficient (Wildman–Crippen LogP) is -1.16. The number of pyridine rings is 1. The highest BCUT2D eigenvalue weighted by Gasteiger charge is 2.09. The Balaban J connectivity index is 0.000000963. The molecule has 16 heavy (non-hydrogen) atoms. The van der Waals surface area contributed by atoms with E-state index in [4.69, 9.17) is 0 Å². The van der Waals surface area contributed by atoms with Gasteiger partial charge in [0.2, 0.25) is 0 Å². The number of imidazole rings is 1. The Morgan fingerprint density at radius 1 is 1.00 bits per heavy atom. The van der Waals surface area contributed by atoms with E-state index in [0.717, 1.165) is 16.9 Å². The summed E-state index contributed by atoms with van der Waals surface area (Å²) in [7, 11) is 0. The van der Waals surface area contributed by atoms with Crippen molar-refractivity contribution in [3.8, 4) is 5.82 Å². The van der Waals surface area contributed by atoms with Gasteiger partial charge in [-0.3, -0.25) is 4.98 Å². The van der Waals surface area contributed by atoms with Crippen LogP contribution in [-0.2, 0) is 0 Å². The minimum atomic E-state index is 0. The third-order valence-corrected chi connectivity index (χ3v) is 2.41. The first-order valence-electron chi connectivity index (χ1n) is 4.84. The maximum absolute atomic E-state index is 4.31. The molecule has 0 aliphatic heterocycles. The second-order valence-corrected chi connectivity index (χ2v) is 3.35. The molecule has 0 spiro atoms. The van der Waals surface area contributed by atoms with E-state index in [1.807, 2.05) is 41.2 Å². The molecule has 3 aromatic rings. The molecule has 0 radical (unpaired) electrons. The molecule has 4 heteroatoms. The third-order valence-electron chi connectivity index (χ3n) is 2.41. The van der Waals surface area contributed by atoms with Gasteiger partial charge in [0.1, 0.15) is 17.2 Å². The molecule has 0 saturated heterocycles. The van der Waals surface area contributed by atoms with Crippen LogP contribution in [0.25, 0.3) is 16.9 Å². The largest absolute Gasteiger partial charge is 1.00 e. The van der Waals surface area contributed by atoms with Crippen LogP contribution < -0.4 is 17.0 Å². The zero-order valence-corrected chi connectivity index (χ0v) is 9.22. The molecule has 1 aromatic carbocycles. The Morgan fingerprint density at radius 3 is 2.62 bits per heavy atom. The molecular weight excluding hydrogens is 222 g/mol. The molecule has 1 N–H and O–H groups in total. The van der Waals surface area contributed by atoms with Crippen LogP contribution in [0.15, 0.2) is 55.0 Å². The van der Waals surface area contributed by atoms with Gasteiger partial charge in [-0.1, -0.05) is 18.2 Å². The van der Waals surface area contributed by atoms with E-state index in [-0.39, 0.29) is 12.4 Å². The monoisotopic (exact) mass is 231 g/mol. The van der Waals surface area contributed by atoms with Crippen LogP contribution in [0.2, 0.25) is 0 Å². The number of nitrogens with zero attached hydrogens (tertiary/aromatic N) is 2. The van der Waals surface area contributed by atoms with Gasteiger partial charge < -0.3 is 12.4 Å². The number of hydrogen-bond acceptors (Lipinski definition) is 1. The summed E-state index contributed by atoms with van der Waals surface area (Å²) >= 11 is 0. The van der Waals surface area contributed by atoms with Gasteiger partial charge in [-0.2, -0.15) is 4.57 Å². The van der Waals surface area contributed by atoms with Crippen molar-refractivity contribution in [1.82, 2.24) is 9.97 Å². The minimum Gasteiger partial charge on any atom is -1.00 e. The predicted molar refractivity (Wildman–Crippen MR) is 57.6 cm³/mol. The fourth-order valence-electron chi connectivity index (χ4n) is 1.70. The molecule has 0 aliphatic rings. The Labute approximate surface area is 99.2 Å². The lowest BCUT2D eigenvalue weighted by Gasteiger charge is -1.93. The molecular formula is C12H10ClN3. The summed E-state index contributed by atoms with van der Waals surface area (Å²) in [4.78, 5) is 7.52. The second kappa shape index (κ2) is 4.33. The van der Waals surface area contributed by atoms with Gasteiger partial charge in [-0.25, -0.2) is 0 Å². The summed E-state index contributed by atoms with van der Waals surface area (Å²) in [6.07, 6.45) is 3.72. The fraction of sp³-hybridized carbons (Fsp3) is 0. The number of rotatable bonds is 1. The van der Waals surface area contributed by atoms with Crippen LogP contribution >= 0.6 is 0 Å². The molecule has 0 unspecified atom stereocenters. The summed E-state index contributed by atoms with van der Waals surface area (Å²) in [5, 5.41) is 0. The Morgan fingerprint density at radius 2 is 1.81 bits per heavy atom. The van der Waals surface area contributed by atoms with Gasteiger partial charge >= 0.3 is 0 Å². The average Bonchev–Trinajstić information content (AvgIpc) is 2.74. The number of aromatic amines is 1. The van der Waals surface area contributed by atoms with Crippen molar-refractivity contribution in [2.75, 3.05) is 0 Å². The normalized spacial score (nSPS) is 10.0. The van der Waals surface area contributed by atoms with E-state index in [1.54, 1.807) is 6.20 Å². The second-order valence-electron chi connectivity index (χ2n) is 3.35. The van der Waals surface area contributed by atoms with E-state index in [9.17, 15) is 0 Å². The lowest BCUT2D eigenvalue weighted by Crippen LogP contribution is -3.00. The highest BCUT2D eigenvalue weighted by Crippen LogP contribution is 2.07. The molecule has 2 heterocycles. The first kappa shape index (κ1) is 10.6. The molecule has 0 saturated carbocycles. The lowest BCUT2D eigenvalue weighted by atomic mass is 10.3. The van der Waals surface area contributed by atoms with Crippen molar-refractivity contribution >= 4 is 11.0 Å². The SMILES string of the molecule is [Cl-].c1ccc(-[n+]2c[nH]c3ccccc32)nc1. The molecule has 0 aliphatic carbocycles. The number of para-hydroxylation sites is 2. The topological polar surface area (TPSA) is 32.6 Å². The van der Waals surface area contributed by atoms with Crippen LogP contribution in [0.5, 0.6) is 0 Å². The zero-order chi connectivity index (χ0) is 10.1. The number of hydrogen-bond donors (Lipinski definition) is 1. The molecule has 3 nitrogen and oxygen atoms in total. The van der Waals surface area contributed by atoms with E-state index in [0.29, 0.717) is 0 Å². The number of aromatic nitrogens is 3. The smallest absolute Gasteiger partial charge is 0.267 e. The van der Waals surface area contributed by atoms with Crippen LogP contribution in [-0.4, -0.2) is 9.97 Å². The first-order chi connectivity index (χ1) is 7.45. The minimum absolute atomic E-state index is 0. The van der Waals surface area contributed by atoms with Gasteiger partial charge in [-0.05, 0) is 18.2 Å². The van der Waals surface area contributed by atoms with E-state index >= 15 is 0 Å². The molecule has 0 amide bonds. The Bertz CT molecular complexity index is 589. The number of fused-ring (bicyclic) bond motifs is 1. The van der Waals surface area contributed by atoms with Crippen LogP contribution in [0.4, 0.5) is 0 Å². The van der Waals surface area contributed by atoms with Crippen molar-refractivity contribution in [1.29, 1.82) is 0 Å². The summed E-state index contributed by atoms with van der Waals surface area (Å²) in [6.45, 7) is 0. The van der Waals surface area contributed by atoms with E-state index < -0.39 is 0 Å². The van der Waals surface area contributed by atoms with Crippen LogP contribution in [0, 0.1) is 0 Å². The fourth-order valence-corrected chi connectivity index (χ4v) is 1.70. The van der Waals surface area contributed by atoms with Gasteiger partial charge in [0.25, 0.3) is 5.82 Å². The average molecular weight is 232 g/mol. The maximum atomic E-state index is 4.31. The number of halogens is 1. The summed E-state index contributed by atoms with van der Waals surface area (Å²) in [6, 6.07) is 14.0. The summed E-state index contributed by atoms with van der Waals surface area (Å²) < 4.78 is 2.04. The van der Waals surface area contributed by atoms with Crippen molar-refractivity contribution in [2.45, 2.75) is 0 Å². The summed E-state index contributed by atoms with van der Waals surface area (Å²) in [5.41, 5.74) is 2.25. The molecule has 80 valence electrons. The van der Waals surface area contributed by atoms with Crippen molar-refractivity contribution in [3.05, 3.63) is 55.0 Å². The molecule has 0 atom stereocenters. The first-order valence-corrected chi connectivity index (χ1v) is 4.84. The highest BCUT2D eigenvalue weighted by molar-refractivity contribution is 5.70. The van der Waals surface area contributed by atoms with E-state index in [1.165, 1.54) is 0 Å². The van der Waals surface area contributed by atoms with Crippen molar-refractivity contribution in [2.24, 2.45) is 0 Å². The van der Waals surface area contributed by atoms with Crippen molar-refractivity contribution in [3.63, 3.8) is 0 Å². The zero-order valence-electron chi connectivity index (χ0n) is 8.47. The maximum Gasteiger partial charge on any atom is 0.267 e. The Hall–Kier alpha value is -1.87. The van der Waals surface area contributed by atoms with Gasteiger partial charge in [0, 0.05) is 6.07 Å². The third kappa shape index (κ3) is 1.66. The number of nitrogens with one attached hydrogen (secondary N) is 1. The quantitative estimate of drug-likeness (QED) is 0.527. The highest BCUT2D eigenvalue weighted by atomic mass is 35.5. The summed E-state index contributed by atoms with van der Waals surface area (Å²) in [5.74, 6) is 0.926. The van der Waals surface area contributed by atoms with Crippen molar-refractivity contribution < 1.29 is 17.0 Å². The lowest BCUT2D eigenvalue weighted by molar-refractivity contribution is -0.571. The molecule has 3 rings (SSSR count). The number of H-pyrrole nitrogens is 1. The van der Waals surface area contributed by atoms with Gasteiger partial charge in [-0.15, -0.1) is 4.98 Å². The molecule has 0 bridgehead atoms. The standard InChI is InChI=1S/C12H9N3.ClH/c1-2-6-11-10(5-1)14-9-15(11)12-7-3-4-8-13-12;/h1-9H;1H. The van der Waals surface area contributed by atoms with Gasteiger partial charge in [0.05, 0.1) is 0 Å². The van der Waals surface area contributed by atoms with Gasteiger partial charge in [0.15, 0.2) is 6.33 Å². The van der Waals surface area contributed by atoms with Crippen LogP contribution in [0.3, 0.4) is 0 Å². The molecule has 0 fully saturated rings. The Kier molecular flexibility index (Phi) is 2.88. The number of benzene rings is 1. The van der Waals surface area contributed by atoms with Crippen LogP contribution in [0.1, 0.15) is 0 Å². The van der Waals surface area contributed by atoms with E-state index in [2.05, 4.69) is 22.1 Å².